The van der Waals surface area contributed by atoms with Gasteiger partial charge in [0.05, 0.1) is 5.02 Å². The maximum atomic E-state index is 12.4. The summed E-state index contributed by atoms with van der Waals surface area (Å²) in [5.41, 5.74) is 0.973. The molecule has 0 aliphatic rings. The van der Waals surface area contributed by atoms with Gasteiger partial charge in [-0.1, -0.05) is 47.5 Å². The van der Waals surface area contributed by atoms with E-state index < -0.39 is 10.0 Å². The highest BCUT2D eigenvalue weighted by Crippen LogP contribution is 2.23. The van der Waals surface area contributed by atoms with Gasteiger partial charge in [0, 0.05) is 17.6 Å². The van der Waals surface area contributed by atoms with Gasteiger partial charge in [0.15, 0.2) is 0 Å². The van der Waals surface area contributed by atoms with E-state index in [1.165, 1.54) is 6.07 Å². The quantitative estimate of drug-likeness (QED) is 0.842. The number of hydrogen-bond donors (Lipinski definition) is 1. The first kappa shape index (κ1) is 18.2. The van der Waals surface area contributed by atoms with E-state index in [-0.39, 0.29) is 22.5 Å². The number of hydrogen-bond acceptors (Lipinski definition) is 3. The Morgan fingerprint density at radius 3 is 2.22 bits per heavy atom. The monoisotopic (exact) mass is 372 g/mol. The number of benzene rings is 2. The van der Waals surface area contributed by atoms with Gasteiger partial charge in [-0.25, -0.2) is 13.1 Å². The molecule has 4 nitrogen and oxygen atoms in total. The van der Waals surface area contributed by atoms with Gasteiger partial charge in [0.25, 0.3) is 0 Å². The summed E-state index contributed by atoms with van der Waals surface area (Å²) in [7, 11) is 0.113. The number of halogens is 2. The molecule has 1 atom stereocenters. The molecule has 0 aliphatic carbocycles. The van der Waals surface area contributed by atoms with Crippen LogP contribution in [0.25, 0.3) is 0 Å². The van der Waals surface area contributed by atoms with Crippen molar-refractivity contribution in [1.29, 1.82) is 0 Å². The number of likely N-dealkylation sites (N-methyl/N-ethyl adjacent to an activating group) is 1. The van der Waals surface area contributed by atoms with E-state index in [0.717, 1.165) is 5.56 Å². The third-order valence-corrected chi connectivity index (χ3v) is 5.65. The normalized spacial score (nSPS) is 13.3. The molecule has 0 spiro atoms. The number of sulfonamides is 1. The molecule has 7 heteroatoms. The SMILES string of the molecule is CN(C)C(CNS(=O)(=O)c1ccccc1Cl)c1ccc(Cl)cc1. The maximum absolute atomic E-state index is 12.4. The van der Waals surface area contributed by atoms with Gasteiger partial charge in [-0.2, -0.15) is 0 Å². The average molecular weight is 373 g/mol. The van der Waals surface area contributed by atoms with E-state index in [0.29, 0.717) is 5.02 Å². The maximum Gasteiger partial charge on any atom is 0.242 e. The Balaban J connectivity index is 2.19. The Kier molecular flexibility index (Phi) is 6.06. The molecule has 2 aromatic carbocycles. The zero-order chi connectivity index (χ0) is 17.0. The molecule has 2 aromatic rings. The molecule has 1 unspecified atom stereocenters. The van der Waals surface area contributed by atoms with Gasteiger partial charge in [-0.05, 0) is 43.9 Å². The molecule has 0 radical (unpaired) electrons. The van der Waals surface area contributed by atoms with E-state index in [9.17, 15) is 8.42 Å². The summed E-state index contributed by atoms with van der Waals surface area (Å²) in [6.07, 6.45) is 0. The minimum absolute atomic E-state index is 0.0790. The molecule has 0 aromatic heterocycles. The highest BCUT2D eigenvalue weighted by Gasteiger charge is 2.21. The summed E-state index contributed by atoms with van der Waals surface area (Å²) in [4.78, 5) is 2.02. The molecule has 1 N–H and O–H groups in total. The van der Waals surface area contributed by atoms with Gasteiger partial charge in [-0.15, -0.1) is 0 Å². The Labute approximate surface area is 147 Å². The van der Waals surface area contributed by atoms with Crippen molar-refractivity contribution in [2.75, 3.05) is 20.6 Å². The zero-order valence-corrected chi connectivity index (χ0v) is 15.2. The standard InChI is InChI=1S/C16H18Cl2N2O2S/c1-20(2)15(12-7-9-13(17)10-8-12)11-19-23(21,22)16-6-4-3-5-14(16)18/h3-10,15,19H,11H2,1-2H3. The van der Waals surface area contributed by atoms with Gasteiger partial charge in [0.2, 0.25) is 10.0 Å². The summed E-state index contributed by atoms with van der Waals surface area (Å²) in [5.74, 6) is 0. The molecule has 0 aliphatic heterocycles. The van der Waals surface area contributed by atoms with Crippen molar-refractivity contribution in [3.05, 3.63) is 64.1 Å². The van der Waals surface area contributed by atoms with Gasteiger partial charge in [-0.3, -0.25) is 0 Å². The fourth-order valence-electron chi connectivity index (χ4n) is 2.21. The number of rotatable bonds is 6. The first-order chi connectivity index (χ1) is 10.8. The fourth-order valence-corrected chi connectivity index (χ4v) is 3.89. The molecule has 0 saturated heterocycles. The highest BCUT2D eigenvalue weighted by molar-refractivity contribution is 7.89. The van der Waals surface area contributed by atoms with Crippen LogP contribution in [0.2, 0.25) is 10.0 Å². The van der Waals surface area contributed by atoms with Crippen molar-refractivity contribution in [2.45, 2.75) is 10.9 Å². The first-order valence-electron chi connectivity index (χ1n) is 6.97. The first-order valence-corrected chi connectivity index (χ1v) is 9.21. The lowest BCUT2D eigenvalue weighted by molar-refractivity contribution is 0.299. The molecule has 0 fully saturated rings. The van der Waals surface area contributed by atoms with E-state index in [2.05, 4.69) is 4.72 Å². The van der Waals surface area contributed by atoms with Crippen LogP contribution in [0.1, 0.15) is 11.6 Å². The van der Waals surface area contributed by atoms with E-state index in [1.807, 2.05) is 31.1 Å². The second-order valence-electron chi connectivity index (χ2n) is 5.31. The van der Waals surface area contributed by atoms with Gasteiger partial charge in [0.1, 0.15) is 4.90 Å². The highest BCUT2D eigenvalue weighted by atomic mass is 35.5. The Morgan fingerprint density at radius 2 is 1.65 bits per heavy atom. The second kappa shape index (κ2) is 7.64. The summed E-state index contributed by atoms with van der Waals surface area (Å²) < 4.78 is 27.5. The van der Waals surface area contributed by atoms with Crippen molar-refractivity contribution in [2.24, 2.45) is 0 Å². The minimum atomic E-state index is -3.67. The van der Waals surface area contributed by atoms with Crippen LogP contribution >= 0.6 is 23.2 Å². The molecule has 0 bridgehead atoms. The van der Waals surface area contributed by atoms with Crippen LogP contribution in [0.4, 0.5) is 0 Å². The average Bonchev–Trinajstić information content (AvgIpc) is 2.49. The summed E-state index contributed by atoms with van der Waals surface area (Å²) in [6.45, 7) is 0.224. The van der Waals surface area contributed by atoms with Gasteiger partial charge < -0.3 is 4.90 Å². The Bertz CT molecular complexity index is 762. The molecule has 124 valence electrons. The molecule has 0 heterocycles. The van der Waals surface area contributed by atoms with Crippen LogP contribution in [-0.4, -0.2) is 34.0 Å². The summed E-state index contributed by atoms with van der Waals surface area (Å²) >= 11 is 11.9. The fraction of sp³-hybridized carbons (Fsp3) is 0.250. The minimum Gasteiger partial charge on any atom is -0.301 e. The lowest BCUT2D eigenvalue weighted by atomic mass is 10.1. The van der Waals surface area contributed by atoms with Crippen molar-refractivity contribution in [3.8, 4) is 0 Å². The van der Waals surface area contributed by atoms with Crippen molar-refractivity contribution < 1.29 is 8.42 Å². The van der Waals surface area contributed by atoms with Crippen LogP contribution in [0.5, 0.6) is 0 Å². The van der Waals surface area contributed by atoms with E-state index >= 15 is 0 Å². The lowest BCUT2D eigenvalue weighted by Crippen LogP contribution is -2.34. The van der Waals surface area contributed by atoms with E-state index in [4.69, 9.17) is 23.2 Å². The van der Waals surface area contributed by atoms with Gasteiger partial charge >= 0.3 is 0 Å². The van der Waals surface area contributed by atoms with Crippen molar-refractivity contribution in [3.63, 3.8) is 0 Å². The van der Waals surface area contributed by atoms with Crippen LogP contribution in [0.15, 0.2) is 53.4 Å². The summed E-state index contributed by atoms with van der Waals surface area (Å²) in [6, 6.07) is 13.6. The zero-order valence-electron chi connectivity index (χ0n) is 12.8. The number of nitrogens with zero attached hydrogens (tertiary/aromatic N) is 1. The van der Waals surface area contributed by atoms with Crippen molar-refractivity contribution >= 4 is 33.2 Å². The summed E-state index contributed by atoms with van der Waals surface area (Å²) in [5, 5.41) is 0.843. The molecular formula is C16H18Cl2N2O2S. The van der Waals surface area contributed by atoms with Crippen molar-refractivity contribution in [1.82, 2.24) is 9.62 Å². The number of nitrogens with one attached hydrogen (secondary N) is 1. The molecule has 2 rings (SSSR count). The predicted molar refractivity (Wildman–Crippen MR) is 94.5 cm³/mol. The second-order valence-corrected chi connectivity index (χ2v) is 7.89. The molecule has 23 heavy (non-hydrogen) atoms. The Morgan fingerprint density at radius 1 is 1.04 bits per heavy atom. The van der Waals surface area contributed by atoms with E-state index in [1.54, 1.807) is 30.3 Å². The molecule has 0 amide bonds. The third-order valence-electron chi connectivity index (χ3n) is 3.47. The predicted octanol–water partition coefficient (Wildman–Crippen LogP) is 3.57. The topological polar surface area (TPSA) is 49.4 Å². The largest absolute Gasteiger partial charge is 0.301 e. The van der Waals surface area contributed by atoms with Crippen LogP contribution in [0.3, 0.4) is 0 Å². The smallest absolute Gasteiger partial charge is 0.242 e. The Hall–Kier alpha value is -1.11. The molecular weight excluding hydrogens is 355 g/mol. The molecule has 0 saturated carbocycles. The van der Waals surface area contributed by atoms with Crippen LogP contribution in [-0.2, 0) is 10.0 Å². The third kappa shape index (κ3) is 4.68. The van der Waals surface area contributed by atoms with Crippen LogP contribution < -0.4 is 4.72 Å². The van der Waals surface area contributed by atoms with Crippen LogP contribution in [0, 0.1) is 0 Å². The lowest BCUT2D eigenvalue weighted by Gasteiger charge is -2.25.